The minimum absolute atomic E-state index is 0.0233. The molecule has 0 spiro atoms. The quantitative estimate of drug-likeness (QED) is 0.910. The highest BCUT2D eigenvalue weighted by Gasteiger charge is 2.21. The molecule has 1 N–H and O–H groups in total. The van der Waals surface area contributed by atoms with Crippen molar-refractivity contribution in [2.45, 2.75) is 13.0 Å². The monoisotopic (exact) mass is 255 g/mol. The first-order valence-electron chi connectivity index (χ1n) is 5.39. The number of hydrogen-bond acceptors (Lipinski definition) is 2. The van der Waals surface area contributed by atoms with Gasteiger partial charge in [-0.25, -0.2) is 17.9 Å². The van der Waals surface area contributed by atoms with E-state index in [1.165, 1.54) is 24.4 Å². The van der Waals surface area contributed by atoms with Gasteiger partial charge in [0.25, 0.3) is 6.43 Å². The van der Waals surface area contributed by atoms with Crippen LogP contribution in [0.4, 0.5) is 13.2 Å². The number of benzene rings is 1. The van der Waals surface area contributed by atoms with Gasteiger partial charge in [0, 0.05) is 12.1 Å². The molecular weight excluding hydrogens is 243 g/mol. The number of aromatic nitrogens is 2. The number of hydrogen-bond donors (Lipinski definition) is 1. The molecule has 0 unspecified atom stereocenters. The van der Waals surface area contributed by atoms with E-state index in [0.29, 0.717) is 5.56 Å². The van der Waals surface area contributed by atoms with Gasteiger partial charge in [0.2, 0.25) is 0 Å². The van der Waals surface area contributed by atoms with E-state index in [1.807, 2.05) is 0 Å². The third kappa shape index (κ3) is 2.24. The molecule has 0 amide bonds. The van der Waals surface area contributed by atoms with Gasteiger partial charge in [0.15, 0.2) is 0 Å². The maximum absolute atomic E-state index is 13.6. The number of nitrogens with zero attached hydrogens (tertiary/aromatic N) is 2. The van der Waals surface area contributed by atoms with E-state index in [-0.39, 0.29) is 17.9 Å². The first-order chi connectivity index (χ1) is 8.65. The molecule has 18 heavy (non-hydrogen) atoms. The van der Waals surface area contributed by atoms with Gasteiger partial charge in [0.1, 0.15) is 17.2 Å². The summed E-state index contributed by atoms with van der Waals surface area (Å²) >= 11 is 0. The number of rotatable bonds is 4. The Morgan fingerprint density at radius 2 is 2.06 bits per heavy atom. The summed E-state index contributed by atoms with van der Waals surface area (Å²) in [4.78, 5) is 0. The van der Waals surface area contributed by atoms with Gasteiger partial charge < -0.3 is 5.32 Å². The smallest absolute Gasteiger partial charge is 0.280 e. The fourth-order valence-corrected chi connectivity index (χ4v) is 1.77. The molecule has 0 radical (unpaired) electrons. The second-order valence-corrected chi connectivity index (χ2v) is 3.75. The zero-order valence-electron chi connectivity index (χ0n) is 9.70. The first kappa shape index (κ1) is 12.6. The van der Waals surface area contributed by atoms with E-state index in [0.717, 1.165) is 4.68 Å². The Morgan fingerprint density at radius 1 is 1.33 bits per heavy atom. The minimum atomic E-state index is -2.71. The van der Waals surface area contributed by atoms with Gasteiger partial charge in [-0.15, -0.1) is 0 Å². The molecule has 3 nitrogen and oxygen atoms in total. The molecule has 2 rings (SSSR count). The van der Waals surface area contributed by atoms with E-state index in [4.69, 9.17) is 0 Å². The minimum Gasteiger partial charge on any atom is -0.316 e. The predicted octanol–water partition coefficient (Wildman–Crippen LogP) is 2.67. The SMILES string of the molecule is CNCc1cnn(-c2ccccc2F)c1C(F)F. The second-order valence-electron chi connectivity index (χ2n) is 3.75. The van der Waals surface area contributed by atoms with Crippen LogP contribution < -0.4 is 5.32 Å². The lowest BCUT2D eigenvalue weighted by Gasteiger charge is -2.09. The number of alkyl halides is 2. The molecule has 1 aromatic carbocycles. The highest BCUT2D eigenvalue weighted by Crippen LogP contribution is 2.26. The Kier molecular flexibility index (Phi) is 3.66. The number of halogens is 3. The van der Waals surface area contributed by atoms with Crippen molar-refractivity contribution in [3.63, 3.8) is 0 Å². The average molecular weight is 255 g/mol. The lowest BCUT2D eigenvalue weighted by atomic mass is 10.2. The summed E-state index contributed by atoms with van der Waals surface area (Å²) in [6, 6.07) is 5.70. The van der Waals surface area contributed by atoms with Crippen molar-refractivity contribution in [1.29, 1.82) is 0 Å². The van der Waals surface area contributed by atoms with Crippen LogP contribution in [0.2, 0.25) is 0 Å². The molecule has 0 aliphatic heterocycles. The molecule has 1 aromatic heterocycles. The van der Waals surface area contributed by atoms with Crippen LogP contribution in [0.5, 0.6) is 0 Å². The third-order valence-electron chi connectivity index (χ3n) is 2.54. The lowest BCUT2D eigenvalue weighted by Crippen LogP contribution is -2.10. The van der Waals surface area contributed by atoms with Crippen molar-refractivity contribution in [2.24, 2.45) is 0 Å². The van der Waals surface area contributed by atoms with E-state index < -0.39 is 12.2 Å². The number of para-hydroxylation sites is 1. The summed E-state index contributed by atoms with van der Waals surface area (Å²) in [6.07, 6.45) is -1.39. The lowest BCUT2D eigenvalue weighted by molar-refractivity contribution is 0.141. The van der Waals surface area contributed by atoms with Crippen LogP contribution in [-0.2, 0) is 6.54 Å². The Labute approximate surface area is 102 Å². The highest BCUT2D eigenvalue weighted by molar-refractivity contribution is 5.36. The maximum Gasteiger partial charge on any atom is 0.280 e. The van der Waals surface area contributed by atoms with Gasteiger partial charge in [-0.1, -0.05) is 12.1 Å². The van der Waals surface area contributed by atoms with E-state index >= 15 is 0 Å². The highest BCUT2D eigenvalue weighted by atomic mass is 19.3. The molecule has 0 aliphatic carbocycles. The van der Waals surface area contributed by atoms with Gasteiger partial charge in [-0.2, -0.15) is 5.10 Å². The van der Waals surface area contributed by atoms with Gasteiger partial charge in [0.05, 0.1) is 6.20 Å². The van der Waals surface area contributed by atoms with Gasteiger partial charge in [-0.3, -0.25) is 0 Å². The zero-order chi connectivity index (χ0) is 13.1. The second kappa shape index (κ2) is 5.22. The van der Waals surface area contributed by atoms with Crippen molar-refractivity contribution in [3.05, 3.63) is 47.5 Å². The van der Waals surface area contributed by atoms with Crippen LogP contribution in [0, 0.1) is 5.82 Å². The summed E-state index contributed by atoms with van der Waals surface area (Å²) in [5, 5.41) is 6.62. The van der Waals surface area contributed by atoms with Crippen LogP contribution in [0.1, 0.15) is 17.7 Å². The summed E-state index contributed by atoms with van der Waals surface area (Å²) in [5.74, 6) is -0.585. The molecule has 0 aliphatic rings. The Bertz CT molecular complexity index is 537. The molecule has 2 aromatic rings. The van der Waals surface area contributed by atoms with Gasteiger partial charge >= 0.3 is 0 Å². The van der Waals surface area contributed by atoms with E-state index in [9.17, 15) is 13.2 Å². The largest absolute Gasteiger partial charge is 0.316 e. The van der Waals surface area contributed by atoms with Crippen molar-refractivity contribution in [2.75, 3.05) is 7.05 Å². The molecule has 0 fully saturated rings. The first-order valence-corrected chi connectivity index (χ1v) is 5.39. The molecule has 0 saturated carbocycles. The van der Waals surface area contributed by atoms with Crippen LogP contribution in [0.25, 0.3) is 5.69 Å². The maximum atomic E-state index is 13.6. The molecule has 0 saturated heterocycles. The predicted molar refractivity (Wildman–Crippen MR) is 61.2 cm³/mol. The third-order valence-corrected chi connectivity index (χ3v) is 2.54. The summed E-state index contributed by atoms with van der Waals surface area (Å²) in [6.45, 7) is 0.258. The molecule has 0 atom stereocenters. The van der Waals surface area contributed by atoms with Crippen LogP contribution in [0.15, 0.2) is 30.5 Å². The fraction of sp³-hybridized carbons (Fsp3) is 0.250. The normalized spacial score (nSPS) is 11.2. The van der Waals surface area contributed by atoms with Crippen LogP contribution in [0.3, 0.4) is 0 Å². The topological polar surface area (TPSA) is 29.9 Å². The van der Waals surface area contributed by atoms with Crippen molar-refractivity contribution >= 4 is 0 Å². The van der Waals surface area contributed by atoms with Crippen molar-refractivity contribution in [3.8, 4) is 5.69 Å². The zero-order valence-corrected chi connectivity index (χ0v) is 9.70. The Hall–Kier alpha value is -1.82. The van der Waals surface area contributed by atoms with Crippen LogP contribution in [-0.4, -0.2) is 16.8 Å². The van der Waals surface area contributed by atoms with Gasteiger partial charge in [-0.05, 0) is 19.2 Å². The van der Waals surface area contributed by atoms with E-state index in [2.05, 4.69) is 10.4 Å². The average Bonchev–Trinajstić information content (AvgIpc) is 2.74. The van der Waals surface area contributed by atoms with E-state index in [1.54, 1.807) is 13.1 Å². The molecule has 6 heteroatoms. The Morgan fingerprint density at radius 3 is 2.67 bits per heavy atom. The summed E-state index contributed by atoms with van der Waals surface area (Å²) in [5.41, 5.74) is 0.0976. The number of nitrogens with one attached hydrogen (secondary N) is 1. The molecule has 1 heterocycles. The summed E-state index contributed by atoms with van der Waals surface area (Å²) < 4.78 is 40.6. The molecule has 0 bridgehead atoms. The van der Waals surface area contributed by atoms with Crippen molar-refractivity contribution in [1.82, 2.24) is 15.1 Å². The standard InChI is InChI=1S/C12H12F3N3/c1-16-6-8-7-17-18(11(8)12(14)15)10-5-3-2-4-9(10)13/h2-5,7,12,16H,6H2,1H3. The van der Waals surface area contributed by atoms with Crippen molar-refractivity contribution < 1.29 is 13.2 Å². The molecule has 96 valence electrons. The summed E-state index contributed by atoms with van der Waals surface area (Å²) in [7, 11) is 1.65. The Balaban J connectivity index is 2.55. The van der Waals surface area contributed by atoms with Crippen LogP contribution >= 0.6 is 0 Å². The molecular formula is C12H12F3N3. The fourth-order valence-electron chi connectivity index (χ4n) is 1.77.